The van der Waals surface area contributed by atoms with Crippen LogP contribution in [0.5, 0.6) is 0 Å². The maximum atomic E-state index is 15.5. The van der Waals surface area contributed by atoms with Gasteiger partial charge in [-0.3, -0.25) is 14.4 Å². The lowest BCUT2D eigenvalue weighted by molar-refractivity contribution is -0.146. The van der Waals surface area contributed by atoms with Crippen molar-refractivity contribution in [3.05, 3.63) is 94.8 Å². The Hall–Kier alpha value is -4.49. The number of benzene rings is 3. The van der Waals surface area contributed by atoms with Crippen LogP contribution in [0.4, 0.5) is 14.9 Å². The number of rotatable bonds is 11. The van der Waals surface area contributed by atoms with Gasteiger partial charge in [0.25, 0.3) is 0 Å². The molecule has 5 N–H and O–H groups in total. The monoisotopic (exact) mass is 672 g/mol. The van der Waals surface area contributed by atoms with Crippen molar-refractivity contribution in [2.24, 2.45) is 11.7 Å². The number of amides is 4. The first-order valence-corrected chi connectivity index (χ1v) is 16.3. The Kier molecular flexibility index (Phi) is 10.4. The Morgan fingerprint density at radius 2 is 1.74 bits per heavy atom. The Bertz CT molecular complexity index is 1750. The second-order valence-corrected chi connectivity index (χ2v) is 14.1. The normalized spacial score (nSPS) is 19.5. The number of carboxylic acids is 1. The number of likely N-dealkylation sites (tertiary alicyclic amines) is 1. The number of hydrogen-bond donors (Lipinski definition) is 4. The number of hydrogen-bond acceptors (Lipinski definition) is 6. The first-order valence-electron chi connectivity index (χ1n) is 14.4. The number of nitrogens with zero attached hydrogens (tertiary/aromatic N) is 1. The first-order chi connectivity index (χ1) is 21.7. The van der Waals surface area contributed by atoms with E-state index >= 15 is 4.39 Å². The number of anilines is 1. The molecule has 1 saturated heterocycles. The van der Waals surface area contributed by atoms with Gasteiger partial charge in [0.15, 0.2) is 9.84 Å². The van der Waals surface area contributed by atoms with E-state index < -0.39 is 69.3 Å². The van der Waals surface area contributed by atoms with Crippen LogP contribution in [0.15, 0.2) is 77.7 Å². The summed E-state index contributed by atoms with van der Waals surface area (Å²) in [6.45, 7) is 2.85. The summed E-state index contributed by atoms with van der Waals surface area (Å²) in [5, 5.41) is 12.8. The Balaban J connectivity index is 1.75. The second-order valence-electron chi connectivity index (χ2n) is 11.5. The van der Waals surface area contributed by atoms with Gasteiger partial charge in [-0.25, -0.2) is 17.6 Å². The summed E-state index contributed by atoms with van der Waals surface area (Å²) in [4.78, 5) is 52.2. The van der Waals surface area contributed by atoms with Crippen LogP contribution in [0.1, 0.15) is 43.9 Å². The fourth-order valence-electron chi connectivity index (χ4n) is 6.03. The van der Waals surface area contributed by atoms with Gasteiger partial charge in [-0.2, -0.15) is 0 Å². The third-order valence-corrected chi connectivity index (χ3v) is 10.2. The van der Waals surface area contributed by atoms with Gasteiger partial charge in [-0.05, 0) is 66.8 Å². The van der Waals surface area contributed by atoms with Crippen LogP contribution in [0.25, 0.3) is 0 Å². The number of primary amides is 1. The van der Waals surface area contributed by atoms with Crippen LogP contribution < -0.4 is 16.4 Å². The molecule has 4 amide bonds. The number of nitrogens with two attached hydrogens (primary N) is 1. The van der Waals surface area contributed by atoms with Gasteiger partial charge in [0.05, 0.1) is 29.2 Å². The van der Waals surface area contributed by atoms with Gasteiger partial charge in [-0.15, -0.1) is 0 Å². The third kappa shape index (κ3) is 7.31. The van der Waals surface area contributed by atoms with E-state index in [1.165, 1.54) is 54.6 Å². The maximum absolute atomic E-state index is 15.5. The molecule has 3 aromatic carbocycles. The van der Waals surface area contributed by atoms with Crippen LogP contribution >= 0.6 is 11.6 Å². The molecule has 3 unspecified atom stereocenters. The number of sulfone groups is 1. The Morgan fingerprint density at radius 1 is 1.07 bits per heavy atom. The zero-order valence-electron chi connectivity index (χ0n) is 25.1. The molecule has 3 aromatic rings. The minimum absolute atomic E-state index is 0.0335. The molecule has 4 rings (SSSR count). The van der Waals surface area contributed by atoms with E-state index in [-0.39, 0.29) is 39.9 Å². The Labute approximate surface area is 270 Å². The fraction of sp³-hybridized carbons (Fsp3) is 0.312. The molecule has 1 fully saturated rings. The lowest BCUT2D eigenvalue weighted by Crippen LogP contribution is -2.59. The molecule has 1 aliphatic heterocycles. The predicted octanol–water partition coefficient (Wildman–Crippen LogP) is 4.31. The summed E-state index contributed by atoms with van der Waals surface area (Å²) >= 11 is 5.99. The quantitative estimate of drug-likeness (QED) is 0.235. The van der Waals surface area contributed by atoms with Crippen molar-refractivity contribution >= 4 is 50.9 Å². The van der Waals surface area contributed by atoms with E-state index in [0.29, 0.717) is 5.56 Å². The highest BCUT2D eigenvalue weighted by Gasteiger charge is 2.61. The molecular formula is C32H34ClFN4O7S. The van der Waals surface area contributed by atoms with Crippen LogP contribution in [-0.4, -0.2) is 59.6 Å². The number of aliphatic carboxylic acids is 1. The van der Waals surface area contributed by atoms with E-state index in [2.05, 4.69) is 10.6 Å². The highest BCUT2D eigenvalue weighted by Crippen LogP contribution is 2.50. The first kappa shape index (κ1) is 34.4. The summed E-state index contributed by atoms with van der Waals surface area (Å²) in [5.74, 6) is -3.94. The fourth-order valence-corrected chi connectivity index (χ4v) is 8.12. The van der Waals surface area contributed by atoms with Crippen molar-refractivity contribution in [1.29, 1.82) is 0 Å². The molecule has 3 atom stereocenters. The van der Waals surface area contributed by atoms with Crippen molar-refractivity contribution in [3.8, 4) is 0 Å². The van der Waals surface area contributed by atoms with Crippen molar-refractivity contribution in [2.75, 3.05) is 11.9 Å². The van der Waals surface area contributed by atoms with E-state index in [1.54, 1.807) is 26.0 Å². The number of halogens is 2. The van der Waals surface area contributed by atoms with Crippen molar-refractivity contribution < 1.29 is 37.1 Å². The average Bonchev–Trinajstić information content (AvgIpc) is 3.32. The number of carboxylic acid groups (broad SMARTS) is 1. The summed E-state index contributed by atoms with van der Waals surface area (Å²) in [5.41, 5.74) is 4.68. The number of urea groups is 1. The van der Waals surface area contributed by atoms with Gasteiger partial charge in [0, 0.05) is 16.3 Å². The van der Waals surface area contributed by atoms with Crippen LogP contribution in [-0.2, 0) is 30.6 Å². The lowest BCUT2D eigenvalue weighted by Gasteiger charge is -2.40. The van der Waals surface area contributed by atoms with Crippen LogP contribution in [0, 0.1) is 11.7 Å². The topological polar surface area (TPSA) is 176 Å². The molecule has 11 nitrogen and oxygen atoms in total. The summed E-state index contributed by atoms with van der Waals surface area (Å²) in [6, 6.07) is 14.5. The van der Waals surface area contributed by atoms with E-state index in [1.807, 2.05) is 0 Å². The third-order valence-electron chi connectivity index (χ3n) is 7.81. The molecule has 46 heavy (non-hydrogen) atoms. The molecule has 0 bridgehead atoms. The lowest BCUT2D eigenvalue weighted by atomic mass is 9.85. The average molecular weight is 673 g/mol. The van der Waals surface area contributed by atoms with Crippen LogP contribution in [0.3, 0.4) is 0 Å². The van der Waals surface area contributed by atoms with E-state index in [4.69, 9.17) is 22.4 Å². The molecule has 0 saturated carbocycles. The summed E-state index contributed by atoms with van der Waals surface area (Å²) in [6.07, 6.45) is -0.722. The van der Waals surface area contributed by atoms with E-state index in [9.17, 15) is 27.6 Å². The minimum Gasteiger partial charge on any atom is -0.481 e. The summed E-state index contributed by atoms with van der Waals surface area (Å²) < 4.78 is 43.9. The van der Waals surface area contributed by atoms with Crippen LogP contribution in [0.2, 0.25) is 5.02 Å². The zero-order chi connectivity index (χ0) is 33.8. The maximum Gasteiger partial charge on any atom is 0.319 e. The van der Waals surface area contributed by atoms with E-state index in [0.717, 1.165) is 11.0 Å². The molecule has 1 heterocycles. The number of carbonyl (C=O) groups is 4. The van der Waals surface area contributed by atoms with Gasteiger partial charge >= 0.3 is 12.0 Å². The zero-order valence-corrected chi connectivity index (χ0v) is 26.6. The van der Waals surface area contributed by atoms with Gasteiger partial charge in [0.2, 0.25) is 11.8 Å². The number of carbonyl (C=O) groups excluding carboxylic acids is 3. The molecule has 14 heteroatoms. The standard InChI is InChI=1S/C32H34ClFN4O7S/c1-19(2)16-32(30(35)42)17-26(46(44,45)23-12-10-21(33)11-13-23)29(24-8-3-4-9-25(24)34)38(32)27(39)18-36-31(43)37-22-7-5-6-20(14-22)15-28(40)41/h3-14,19,26,29H,15-18H2,1-2H3,(H2,35,42)(H,40,41)(H2,36,37,43). The molecule has 0 aliphatic carbocycles. The largest absolute Gasteiger partial charge is 0.481 e. The van der Waals surface area contributed by atoms with Crippen molar-refractivity contribution in [3.63, 3.8) is 0 Å². The molecule has 0 radical (unpaired) electrons. The molecule has 0 spiro atoms. The highest BCUT2D eigenvalue weighted by atomic mass is 35.5. The predicted molar refractivity (Wildman–Crippen MR) is 169 cm³/mol. The highest BCUT2D eigenvalue weighted by molar-refractivity contribution is 7.92. The smallest absolute Gasteiger partial charge is 0.319 e. The molecular weight excluding hydrogens is 639 g/mol. The van der Waals surface area contributed by atoms with Crippen molar-refractivity contribution in [1.82, 2.24) is 10.2 Å². The van der Waals surface area contributed by atoms with Gasteiger partial charge < -0.3 is 26.4 Å². The van der Waals surface area contributed by atoms with Gasteiger partial charge in [0.1, 0.15) is 11.4 Å². The SMILES string of the molecule is CC(C)CC1(C(N)=O)CC(S(=O)(=O)c2ccc(Cl)cc2)C(c2ccccc2F)N1C(=O)CNC(=O)Nc1cccc(CC(=O)O)c1. The van der Waals surface area contributed by atoms with Gasteiger partial charge in [-0.1, -0.05) is 55.8 Å². The minimum atomic E-state index is -4.33. The molecule has 1 aliphatic rings. The molecule has 244 valence electrons. The number of nitrogens with one attached hydrogen (secondary N) is 2. The Morgan fingerprint density at radius 3 is 2.35 bits per heavy atom. The second kappa shape index (κ2) is 13.9. The molecule has 0 aromatic heterocycles. The van der Waals surface area contributed by atoms with Crippen molar-refractivity contribution in [2.45, 2.75) is 54.8 Å². The summed E-state index contributed by atoms with van der Waals surface area (Å²) in [7, 11) is -4.33.